The zero-order valence-corrected chi connectivity index (χ0v) is 12.1. The molecule has 1 nitrogen and oxygen atoms in total. The van der Waals surface area contributed by atoms with E-state index in [1.165, 1.54) is 0 Å². The Morgan fingerprint density at radius 1 is 0.765 bits per heavy atom. The second kappa shape index (κ2) is 11.9. The van der Waals surface area contributed by atoms with Crippen molar-refractivity contribution in [3.05, 3.63) is 24.3 Å². The number of hydrogen-bond donors (Lipinski definition) is 0. The van der Waals surface area contributed by atoms with Gasteiger partial charge in [-0.1, -0.05) is 52.0 Å². The fourth-order valence-corrected chi connectivity index (χ4v) is 1.65. The lowest BCUT2D eigenvalue weighted by Crippen LogP contribution is -2.12. The van der Waals surface area contributed by atoms with E-state index < -0.39 is 0 Å². The third kappa shape index (κ3) is 9.17. The highest BCUT2D eigenvalue weighted by Gasteiger charge is 2.05. The Morgan fingerprint density at radius 3 is 1.47 bits per heavy atom. The number of hydrogen-bond acceptors (Lipinski definition) is 1. The van der Waals surface area contributed by atoms with Gasteiger partial charge in [0.25, 0.3) is 0 Å². The minimum atomic E-state index is 0.586. The SMILES string of the molecule is CCC=CC(CC)COCC(C=CCC)CC. The molecule has 0 rings (SSSR count). The van der Waals surface area contributed by atoms with Crippen LogP contribution in [0.2, 0.25) is 0 Å². The predicted octanol–water partition coefficient (Wildman–Crippen LogP) is 4.99. The van der Waals surface area contributed by atoms with Crippen molar-refractivity contribution in [1.29, 1.82) is 0 Å². The van der Waals surface area contributed by atoms with E-state index >= 15 is 0 Å². The van der Waals surface area contributed by atoms with Crippen LogP contribution in [0.1, 0.15) is 53.4 Å². The molecule has 0 aliphatic carbocycles. The topological polar surface area (TPSA) is 9.23 Å². The lowest BCUT2D eigenvalue weighted by Gasteiger charge is -2.14. The summed E-state index contributed by atoms with van der Waals surface area (Å²) in [6, 6.07) is 0. The summed E-state index contributed by atoms with van der Waals surface area (Å²) >= 11 is 0. The Morgan fingerprint density at radius 2 is 1.18 bits per heavy atom. The van der Waals surface area contributed by atoms with Gasteiger partial charge >= 0.3 is 0 Å². The van der Waals surface area contributed by atoms with E-state index in [9.17, 15) is 0 Å². The summed E-state index contributed by atoms with van der Waals surface area (Å²) < 4.78 is 5.83. The average Bonchev–Trinajstić information content (AvgIpc) is 2.37. The maximum atomic E-state index is 5.83. The minimum absolute atomic E-state index is 0.586. The molecule has 0 spiro atoms. The third-order valence-corrected chi connectivity index (χ3v) is 3.00. The minimum Gasteiger partial charge on any atom is -0.380 e. The molecule has 0 aromatic rings. The first-order chi connectivity index (χ1) is 8.28. The standard InChI is InChI=1S/C16H30O/c1-5-9-11-15(7-3)13-17-14-16(8-4)12-10-6-2/h9-12,15-16H,5-8,13-14H2,1-4H3. The highest BCUT2D eigenvalue weighted by Crippen LogP contribution is 2.10. The van der Waals surface area contributed by atoms with Gasteiger partial charge in [-0.05, 0) is 37.5 Å². The van der Waals surface area contributed by atoms with E-state index in [1.54, 1.807) is 0 Å². The maximum Gasteiger partial charge on any atom is 0.0528 e. The molecule has 0 saturated carbocycles. The van der Waals surface area contributed by atoms with E-state index in [4.69, 9.17) is 4.74 Å². The van der Waals surface area contributed by atoms with Gasteiger partial charge in [0, 0.05) is 0 Å². The second-order valence-electron chi connectivity index (χ2n) is 4.55. The Bertz CT molecular complexity index is 184. The highest BCUT2D eigenvalue weighted by atomic mass is 16.5. The normalized spacial score (nSPS) is 15.8. The number of ether oxygens (including phenoxy) is 1. The summed E-state index contributed by atoms with van der Waals surface area (Å²) in [5, 5.41) is 0. The fourth-order valence-electron chi connectivity index (χ4n) is 1.65. The van der Waals surface area contributed by atoms with Crippen molar-refractivity contribution < 1.29 is 4.74 Å². The van der Waals surface area contributed by atoms with Crippen LogP contribution in [-0.2, 0) is 4.74 Å². The summed E-state index contributed by atoms with van der Waals surface area (Å²) in [6.07, 6.45) is 13.6. The van der Waals surface area contributed by atoms with Crippen LogP contribution in [-0.4, -0.2) is 13.2 Å². The van der Waals surface area contributed by atoms with Crippen LogP contribution in [0, 0.1) is 11.8 Å². The molecule has 0 aliphatic heterocycles. The molecular weight excluding hydrogens is 208 g/mol. The summed E-state index contributed by atoms with van der Waals surface area (Å²) in [4.78, 5) is 0. The van der Waals surface area contributed by atoms with Crippen LogP contribution in [0.3, 0.4) is 0 Å². The summed E-state index contributed by atoms with van der Waals surface area (Å²) in [5.41, 5.74) is 0. The molecule has 0 amide bonds. The van der Waals surface area contributed by atoms with Gasteiger partial charge in [-0.2, -0.15) is 0 Å². The van der Waals surface area contributed by atoms with Crippen molar-refractivity contribution in [3.63, 3.8) is 0 Å². The Kier molecular flexibility index (Phi) is 11.5. The van der Waals surface area contributed by atoms with Crippen molar-refractivity contribution >= 4 is 0 Å². The molecule has 2 unspecified atom stereocenters. The van der Waals surface area contributed by atoms with Crippen LogP contribution < -0.4 is 0 Å². The first-order valence-electron chi connectivity index (χ1n) is 7.19. The molecule has 0 radical (unpaired) electrons. The van der Waals surface area contributed by atoms with Gasteiger partial charge in [0.1, 0.15) is 0 Å². The molecule has 2 atom stereocenters. The smallest absolute Gasteiger partial charge is 0.0528 e. The van der Waals surface area contributed by atoms with Crippen LogP contribution in [0.15, 0.2) is 24.3 Å². The zero-order chi connectivity index (χ0) is 12.9. The third-order valence-electron chi connectivity index (χ3n) is 3.00. The zero-order valence-electron chi connectivity index (χ0n) is 12.1. The first kappa shape index (κ1) is 16.4. The Hall–Kier alpha value is -0.560. The van der Waals surface area contributed by atoms with Crippen molar-refractivity contribution in [2.45, 2.75) is 53.4 Å². The van der Waals surface area contributed by atoms with Crippen LogP contribution in [0.5, 0.6) is 0 Å². The van der Waals surface area contributed by atoms with Crippen LogP contribution in [0.4, 0.5) is 0 Å². The van der Waals surface area contributed by atoms with E-state index in [1.807, 2.05) is 0 Å². The number of rotatable bonds is 10. The van der Waals surface area contributed by atoms with Crippen LogP contribution in [0.25, 0.3) is 0 Å². The van der Waals surface area contributed by atoms with E-state index in [2.05, 4.69) is 52.0 Å². The molecule has 1 heteroatoms. The quantitative estimate of drug-likeness (QED) is 0.487. The Balaban J connectivity index is 3.84. The largest absolute Gasteiger partial charge is 0.380 e. The molecule has 0 aromatic heterocycles. The van der Waals surface area contributed by atoms with Gasteiger partial charge in [0.2, 0.25) is 0 Å². The molecule has 0 aromatic carbocycles. The molecule has 0 bridgehead atoms. The van der Waals surface area contributed by atoms with E-state index in [0.29, 0.717) is 11.8 Å². The Labute approximate surface area is 108 Å². The van der Waals surface area contributed by atoms with Gasteiger partial charge < -0.3 is 4.74 Å². The second-order valence-corrected chi connectivity index (χ2v) is 4.55. The number of allylic oxidation sites excluding steroid dienone is 2. The van der Waals surface area contributed by atoms with E-state index in [0.717, 1.165) is 38.9 Å². The monoisotopic (exact) mass is 238 g/mol. The van der Waals surface area contributed by atoms with Crippen molar-refractivity contribution in [1.82, 2.24) is 0 Å². The average molecular weight is 238 g/mol. The first-order valence-corrected chi connectivity index (χ1v) is 7.19. The van der Waals surface area contributed by atoms with Gasteiger partial charge in [0.05, 0.1) is 13.2 Å². The van der Waals surface area contributed by atoms with Gasteiger partial charge in [-0.25, -0.2) is 0 Å². The van der Waals surface area contributed by atoms with Crippen molar-refractivity contribution in [2.75, 3.05) is 13.2 Å². The van der Waals surface area contributed by atoms with E-state index in [-0.39, 0.29) is 0 Å². The van der Waals surface area contributed by atoms with Gasteiger partial charge in [0.15, 0.2) is 0 Å². The molecule has 100 valence electrons. The predicted molar refractivity (Wildman–Crippen MR) is 77.2 cm³/mol. The molecule has 0 N–H and O–H groups in total. The molecular formula is C16H30O. The molecule has 0 fully saturated rings. The van der Waals surface area contributed by atoms with Gasteiger partial charge in [-0.15, -0.1) is 0 Å². The summed E-state index contributed by atoms with van der Waals surface area (Å²) in [6.45, 7) is 10.5. The maximum absolute atomic E-state index is 5.83. The highest BCUT2D eigenvalue weighted by molar-refractivity contribution is 4.88. The molecule has 0 heterocycles. The fraction of sp³-hybridized carbons (Fsp3) is 0.750. The lowest BCUT2D eigenvalue weighted by atomic mass is 10.1. The molecule has 0 saturated heterocycles. The van der Waals surface area contributed by atoms with Gasteiger partial charge in [-0.3, -0.25) is 0 Å². The summed E-state index contributed by atoms with van der Waals surface area (Å²) in [7, 11) is 0. The lowest BCUT2D eigenvalue weighted by molar-refractivity contribution is 0.0912. The molecule has 17 heavy (non-hydrogen) atoms. The van der Waals surface area contributed by atoms with Crippen molar-refractivity contribution in [2.24, 2.45) is 11.8 Å². The summed E-state index contributed by atoms with van der Waals surface area (Å²) in [5.74, 6) is 1.17. The molecule has 0 aliphatic rings. The van der Waals surface area contributed by atoms with Crippen molar-refractivity contribution in [3.8, 4) is 0 Å². The van der Waals surface area contributed by atoms with Crippen LogP contribution >= 0.6 is 0 Å².